The Bertz CT molecular complexity index is 679. The molecule has 1 unspecified atom stereocenters. The molecule has 0 spiro atoms. The molecule has 3 rings (SSSR count). The fraction of sp³-hybridized carbons (Fsp3) is 0.250. The minimum Gasteiger partial charge on any atom is -0.310 e. The minimum absolute atomic E-state index is 0.302. The van der Waals surface area contributed by atoms with Gasteiger partial charge in [-0.1, -0.05) is 19.1 Å². The third-order valence-corrected chi connectivity index (χ3v) is 4.14. The molecule has 0 radical (unpaired) electrons. The second kappa shape index (κ2) is 6.11. The molecule has 2 aromatic heterocycles. The van der Waals surface area contributed by atoms with Gasteiger partial charge < -0.3 is 5.32 Å². The number of aromatic nitrogens is 2. The lowest BCUT2D eigenvalue weighted by molar-refractivity contribution is 0.549. The molecule has 0 fully saturated rings. The first kappa shape index (κ1) is 13.2. The maximum absolute atomic E-state index is 4.39. The Labute approximate surface area is 122 Å². The number of thiazole rings is 1. The second-order valence-electron chi connectivity index (χ2n) is 4.70. The Hall–Kier alpha value is -1.78. The van der Waals surface area contributed by atoms with Crippen molar-refractivity contribution in [3.05, 3.63) is 58.7 Å². The number of hydrogen-bond acceptors (Lipinski definition) is 4. The standard InChI is InChI=1S/C16H17N3S/c1-2-17-15(11-16-19-8-9-20-16)13-5-6-14-12(10-13)4-3-7-18-14/h3-10,15,17H,2,11H2,1H3. The van der Waals surface area contributed by atoms with Crippen molar-refractivity contribution in [3.8, 4) is 0 Å². The van der Waals surface area contributed by atoms with Crippen molar-refractivity contribution in [2.24, 2.45) is 0 Å². The lowest BCUT2D eigenvalue weighted by Crippen LogP contribution is -2.22. The molecule has 0 amide bonds. The maximum Gasteiger partial charge on any atom is 0.0943 e. The number of benzene rings is 1. The Kier molecular flexibility index (Phi) is 4.04. The molecule has 1 atom stereocenters. The van der Waals surface area contributed by atoms with Gasteiger partial charge in [0.05, 0.1) is 10.5 Å². The van der Waals surface area contributed by atoms with Gasteiger partial charge in [0.1, 0.15) is 0 Å². The van der Waals surface area contributed by atoms with E-state index in [0.717, 1.165) is 18.5 Å². The van der Waals surface area contributed by atoms with Crippen molar-refractivity contribution >= 4 is 22.2 Å². The largest absolute Gasteiger partial charge is 0.310 e. The van der Waals surface area contributed by atoms with Gasteiger partial charge in [0, 0.05) is 35.6 Å². The zero-order valence-corrected chi connectivity index (χ0v) is 12.2. The van der Waals surface area contributed by atoms with Crippen LogP contribution in [0.25, 0.3) is 10.9 Å². The molecule has 1 aromatic carbocycles. The lowest BCUT2D eigenvalue weighted by atomic mass is 10.0. The summed E-state index contributed by atoms with van der Waals surface area (Å²) in [5.74, 6) is 0. The van der Waals surface area contributed by atoms with Crippen LogP contribution in [0.2, 0.25) is 0 Å². The van der Waals surface area contributed by atoms with Gasteiger partial charge in [-0.2, -0.15) is 0 Å². The highest BCUT2D eigenvalue weighted by Gasteiger charge is 2.13. The Morgan fingerprint density at radius 1 is 1.20 bits per heavy atom. The van der Waals surface area contributed by atoms with Crippen LogP contribution in [0.15, 0.2) is 48.1 Å². The van der Waals surface area contributed by atoms with E-state index >= 15 is 0 Å². The molecule has 4 heteroatoms. The normalized spacial score (nSPS) is 12.7. The first-order valence-electron chi connectivity index (χ1n) is 6.83. The van der Waals surface area contributed by atoms with Crippen LogP contribution in [0, 0.1) is 0 Å². The van der Waals surface area contributed by atoms with Crippen molar-refractivity contribution in [2.75, 3.05) is 6.54 Å². The van der Waals surface area contributed by atoms with Crippen LogP contribution in [0.1, 0.15) is 23.5 Å². The number of nitrogens with zero attached hydrogens (tertiary/aromatic N) is 2. The fourth-order valence-electron chi connectivity index (χ4n) is 2.39. The first-order chi connectivity index (χ1) is 9.86. The van der Waals surface area contributed by atoms with Crippen LogP contribution in [-0.4, -0.2) is 16.5 Å². The number of likely N-dealkylation sites (N-methyl/N-ethyl adjacent to an activating group) is 1. The van der Waals surface area contributed by atoms with Gasteiger partial charge >= 0.3 is 0 Å². The SMILES string of the molecule is CCNC(Cc1nccs1)c1ccc2ncccc2c1. The van der Waals surface area contributed by atoms with Crippen LogP contribution in [0.3, 0.4) is 0 Å². The summed E-state index contributed by atoms with van der Waals surface area (Å²) in [5.41, 5.74) is 2.34. The van der Waals surface area contributed by atoms with E-state index < -0.39 is 0 Å². The monoisotopic (exact) mass is 283 g/mol. The topological polar surface area (TPSA) is 37.8 Å². The fourth-order valence-corrected chi connectivity index (χ4v) is 3.06. The molecule has 0 aliphatic carbocycles. The summed E-state index contributed by atoms with van der Waals surface area (Å²) in [5, 5.41) is 7.93. The van der Waals surface area contributed by atoms with Crippen LogP contribution >= 0.6 is 11.3 Å². The smallest absolute Gasteiger partial charge is 0.0943 e. The van der Waals surface area contributed by atoms with E-state index in [9.17, 15) is 0 Å². The predicted octanol–water partition coefficient (Wildman–Crippen LogP) is 3.58. The van der Waals surface area contributed by atoms with Gasteiger partial charge in [-0.05, 0) is 30.3 Å². The molecular formula is C16H17N3S. The predicted molar refractivity (Wildman–Crippen MR) is 84.0 cm³/mol. The van der Waals surface area contributed by atoms with E-state index in [1.54, 1.807) is 11.3 Å². The molecule has 0 saturated heterocycles. The molecule has 102 valence electrons. The Morgan fingerprint density at radius 3 is 2.95 bits per heavy atom. The van der Waals surface area contributed by atoms with Gasteiger partial charge in [0.25, 0.3) is 0 Å². The second-order valence-corrected chi connectivity index (χ2v) is 5.67. The molecule has 0 aliphatic heterocycles. The van der Waals surface area contributed by atoms with Crippen LogP contribution in [0.5, 0.6) is 0 Å². The van der Waals surface area contributed by atoms with Crippen LogP contribution < -0.4 is 5.32 Å². The van der Waals surface area contributed by atoms with Crippen LogP contribution in [0.4, 0.5) is 0 Å². The summed E-state index contributed by atoms with van der Waals surface area (Å²) in [4.78, 5) is 8.76. The van der Waals surface area contributed by atoms with Gasteiger partial charge in [0.2, 0.25) is 0 Å². The Morgan fingerprint density at radius 2 is 2.15 bits per heavy atom. The highest BCUT2D eigenvalue weighted by molar-refractivity contribution is 7.09. The molecule has 0 aliphatic rings. The van der Waals surface area contributed by atoms with Gasteiger partial charge in [-0.15, -0.1) is 11.3 Å². The third kappa shape index (κ3) is 2.86. The van der Waals surface area contributed by atoms with Crippen molar-refractivity contribution in [1.82, 2.24) is 15.3 Å². The molecule has 3 nitrogen and oxygen atoms in total. The lowest BCUT2D eigenvalue weighted by Gasteiger charge is -2.17. The van der Waals surface area contributed by atoms with E-state index in [1.807, 2.05) is 23.8 Å². The summed E-state index contributed by atoms with van der Waals surface area (Å²) in [6, 6.07) is 10.9. The minimum atomic E-state index is 0.302. The Balaban J connectivity index is 1.91. The number of fused-ring (bicyclic) bond motifs is 1. The first-order valence-corrected chi connectivity index (χ1v) is 7.71. The molecule has 3 aromatic rings. The zero-order valence-electron chi connectivity index (χ0n) is 11.4. The van der Waals surface area contributed by atoms with E-state index in [2.05, 4.69) is 46.5 Å². The molecule has 0 saturated carbocycles. The van der Waals surface area contributed by atoms with Gasteiger partial charge in [-0.25, -0.2) is 4.98 Å². The molecule has 0 bridgehead atoms. The van der Waals surface area contributed by atoms with Crippen molar-refractivity contribution in [3.63, 3.8) is 0 Å². The molecular weight excluding hydrogens is 266 g/mol. The van der Waals surface area contributed by atoms with Crippen molar-refractivity contribution in [1.29, 1.82) is 0 Å². The van der Waals surface area contributed by atoms with E-state index in [0.29, 0.717) is 6.04 Å². The number of pyridine rings is 1. The molecule has 2 heterocycles. The quantitative estimate of drug-likeness (QED) is 0.777. The number of hydrogen-bond donors (Lipinski definition) is 1. The summed E-state index contributed by atoms with van der Waals surface area (Å²) in [7, 11) is 0. The van der Waals surface area contributed by atoms with Crippen molar-refractivity contribution in [2.45, 2.75) is 19.4 Å². The van der Waals surface area contributed by atoms with E-state index in [-0.39, 0.29) is 0 Å². The van der Waals surface area contributed by atoms with Gasteiger partial charge in [0.15, 0.2) is 0 Å². The average molecular weight is 283 g/mol. The van der Waals surface area contributed by atoms with Crippen molar-refractivity contribution < 1.29 is 0 Å². The average Bonchev–Trinajstić information content (AvgIpc) is 2.99. The molecule has 20 heavy (non-hydrogen) atoms. The maximum atomic E-state index is 4.39. The highest BCUT2D eigenvalue weighted by atomic mass is 32.1. The van der Waals surface area contributed by atoms with E-state index in [1.165, 1.54) is 16.0 Å². The number of nitrogens with one attached hydrogen (secondary N) is 1. The summed E-state index contributed by atoms with van der Waals surface area (Å²) >= 11 is 1.71. The zero-order chi connectivity index (χ0) is 13.8. The highest BCUT2D eigenvalue weighted by Crippen LogP contribution is 2.23. The molecule has 1 N–H and O–H groups in total. The summed E-state index contributed by atoms with van der Waals surface area (Å²) in [6.45, 7) is 3.08. The van der Waals surface area contributed by atoms with E-state index in [4.69, 9.17) is 0 Å². The third-order valence-electron chi connectivity index (χ3n) is 3.34. The summed E-state index contributed by atoms with van der Waals surface area (Å²) in [6.07, 6.45) is 4.63. The van der Waals surface area contributed by atoms with Crippen LogP contribution in [-0.2, 0) is 6.42 Å². The van der Waals surface area contributed by atoms with Gasteiger partial charge in [-0.3, -0.25) is 4.98 Å². The summed E-state index contributed by atoms with van der Waals surface area (Å²) < 4.78 is 0. The number of rotatable bonds is 5.